The maximum atomic E-state index is 13.4. The second kappa shape index (κ2) is 12.3. The minimum absolute atomic E-state index is 0.0660. The van der Waals surface area contributed by atoms with Gasteiger partial charge in [0.2, 0.25) is 15.6 Å². The molecule has 200 valence electrons. The molecule has 0 unspecified atom stereocenters. The first kappa shape index (κ1) is 28.3. The van der Waals surface area contributed by atoms with Crippen LogP contribution in [0.4, 0.5) is 0 Å². The van der Waals surface area contributed by atoms with E-state index in [1.165, 1.54) is 18.2 Å². The number of aromatic amines is 1. The number of amides is 1. The number of hydrogen-bond donors (Lipinski definition) is 2. The number of hydrogen-bond acceptors (Lipinski definition) is 5. The van der Waals surface area contributed by atoms with Crippen LogP contribution >= 0.6 is 0 Å². The van der Waals surface area contributed by atoms with Gasteiger partial charge in [-0.25, -0.2) is 8.42 Å². The van der Waals surface area contributed by atoms with Gasteiger partial charge in [-0.2, -0.15) is 4.31 Å². The lowest BCUT2D eigenvalue weighted by atomic mass is 10.1. The third-order valence-corrected chi connectivity index (χ3v) is 8.60. The molecule has 1 aromatic heterocycles. The average Bonchev–Trinajstić information content (AvgIpc) is 2.80. The molecule has 2 N–H and O–H groups in total. The first-order valence-corrected chi connectivity index (χ1v) is 14.6. The maximum absolute atomic E-state index is 13.4. The number of nitrogens with zero attached hydrogens (tertiary/aromatic N) is 2. The molecule has 1 aliphatic rings. The van der Waals surface area contributed by atoms with Crippen LogP contribution in [0, 0.1) is 11.8 Å². The van der Waals surface area contributed by atoms with E-state index in [0.29, 0.717) is 35.8 Å². The fraction of sp³-hybridized carbons (Fsp3) is 0.630. The van der Waals surface area contributed by atoms with E-state index < -0.39 is 15.6 Å². The van der Waals surface area contributed by atoms with Crippen molar-refractivity contribution in [3.05, 3.63) is 40.2 Å². The van der Waals surface area contributed by atoms with Gasteiger partial charge in [-0.1, -0.05) is 34.1 Å². The number of sulfonamides is 1. The molecule has 1 aliphatic heterocycles. The third kappa shape index (κ3) is 7.17. The smallest absolute Gasteiger partial charge is 0.252 e. The zero-order valence-electron chi connectivity index (χ0n) is 22.3. The molecule has 0 saturated carbocycles. The van der Waals surface area contributed by atoms with Crippen LogP contribution in [-0.4, -0.2) is 67.3 Å². The van der Waals surface area contributed by atoms with Crippen molar-refractivity contribution in [2.75, 3.05) is 32.7 Å². The number of fused-ring (bicyclic) bond motifs is 1. The quantitative estimate of drug-likeness (QED) is 0.440. The second-order valence-corrected chi connectivity index (χ2v) is 12.8. The lowest BCUT2D eigenvalue weighted by Crippen LogP contribution is -2.41. The fourth-order valence-electron chi connectivity index (χ4n) is 5.04. The molecule has 0 radical (unpaired) electrons. The first-order chi connectivity index (χ1) is 17.0. The number of piperidine rings is 1. The van der Waals surface area contributed by atoms with Crippen molar-refractivity contribution in [1.82, 2.24) is 19.5 Å². The van der Waals surface area contributed by atoms with E-state index in [1.807, 2.05) is 6.92 Å². The van der Waals surface area contributed by atoms with Gasteiger partial charge in [0.25, 0.3) is 5.91 Å². The number of nitrogens with one attached hydrogen (secondary N) is 2. The SMILES string of the molecule is CC(C)CN(CCCNC(=O)c1cc(=O)[nH]c2ccc(S(=O)(=O)N3CCCC[C@@H]3C)cc12)CC(C)C. The Morgan fingerprint density at radius 3 is 2.47 bits per heavy atom. The van der Waals surface area contributed by atoms with Crippen molar-refractivity contribution in [3.63, 3.8) is 0 Å². The molecule has 9 heteroatoms. The number of carbonyl (C=O) groups excluding carboxylic acids is 1. The largest absolute Gasteiger partial charge is 0.352 e. The summed E-state index contributed by atoms with van der Waals surface area (Å²) < 4.78 is 28.3. The van der Waals surface area contributed by atoms with E-state index in [1.54, 1.807) is 10.4 Å². The lowest BCUT2D eigenvalue weighted by Gasteiger charge is -2.32. The van der Waals surface area contributed by atoms with Gasteiger partial charge in [-0.3, -0.25) is 9.59 Å². The molecule has 0 aliphatic carbocycles. The van der Waals surface area contributed by atoms with Crippen LogP contribution in [0.3, 0.4) is 0 Å². The average molecular weight is 519 g/mol. The molecule has 8 nitrogen and oxygen atoms in total. The summed E-state index contributed by atoms with van der Waals surface area (Å²) in [6, 6.07) is 5.79. The van der Waals surface area contributed by atoms with E-state index in [9.17, 15) is 18.0 Å². The molecule has 1 atom stereocenters. The highest BCUT2D eigenvalue weighted by Crippen LogP contribution is 2.27. The molecule has 2 aromatic rings. The Bertz CT molecular complexity index is 1200. The molecule has 36 heavy (non-hydrogen) atoms. The van der Waals surface area contributed by atoms with E-state index in [-0.39, 0.29) is 22.4 Å². The molecule has 1 fully saturated rings. The Balaban J connectivity index is 1.78. The van der Waals surface area contributed by atoms with Gasteiger partial charge >= 0.3 is 0 Å². The molecular formula is C27H42N4O4S. The van der Waals surface area contributed by atoms with Gasteiger partial charge in [0.1, 0.15) is 0 Å². The van der Waals surface area contributed by atoms with E-state index in [0.717, 1.165) is 45.3 Å². The fourth-order valence-corrected chi connectivity index (χ4v) is 6.76. The number of pyridine rings is 1. The minimum atomic E-state index is -3.70. The topological polar surface area (TPSA) is 103 Å². The van der Waals surface area contributed by atoms with Crippen LogP contribution in [0.5, 0.6) is 0 Å². The zero-order chi connectivity index (χ0) is 26.5. The van der Waals surface area contributed by atoms with Crippen LogP contribution < -0.4 is 10.9 Å². The summed E-state index contributed by atoms with van der Waals surface area (Å²) in [7, 11) is -3.70. The van der Waals surface area contributed by atoms with Crippen molar-refractivity contribution in [2.45, 2.75) is 71.2 Å². The molecule has 0 bridgehead atoms. The van der Waals surface area contributed by atoms with E-state index in [2.05, 4.69) is 42.9 Å². The van der Waals surface area contributed by atoms with Crippen LogP contribution in [0.2, 0.25) is 0 Å². The predicted molar refractivity (Wildman–Crippen MR) is 145 cm³/mol. The summed E-state index contributed by atoms with van der Waals surface area (Å²) >= 11 is 0. The van der Waals surface area contributed by atoms with Gasteiger partial charge in [0.15, 0.2) is 0 Å². The number of benzene rings is 1. The van der Waals surface area contributed by atoms with Gasteiger partial charge < -0.3 is 15.2 Å². The molecular weight excluding hydrogens is 476 g/mol. The predicted octanol–water partition coefficient (Wildman–Crippen LogP) is 3.83. The van der Waals surface area contributed by atoms with Gasteiger partial charge in [-0.05, 0) is 62.8 Å². The molecule has 1 amide bonds. The van der Waals surface area contributed by atoms with Crippen molar-refractivity contribution in [1.29, 1.82) is 0 Å². The maximum Gasteiger partial charge on any atom is 0.252 e. The third-order valence-electron chi connectivity index (χ3n) is 6.59. The van der Waals surface area contributed by atoms with Crippen LogP contribution in [0.1, 0.15) is 70.7 Å². The summed E-state index contributed by atoms with van der Waals surface area (Å²) in [6.45, 7) is 14.6. The molecule has 0 spiro atoms. The van der Waals surface area contributed by atoms with Gasteiger partial charge in [0, 0.05) is 49.2 Å². The summed E-state index contributed by atoms with van der Waals surface area (Å²) in [5, 5.41) is 3.36. The highest BCUT2D eigenvalue weighted by molar-refractivity contribution is 7.89. The van der Waals surface area contributed by atoms with Crippen molar-refractivity contribution < 1.29 is 13.2 Å². The highest BCUT2D eigenvalue weighted by Gasteiger charge is 2.31. The summed E-state index contributed by atoms with van der Waals surface area (Å²) in [5.41, 5.74) is 0.241. The van der Waals surface area contributed by atoms with E-state index >= 15 is 0 Å². The summed E-state index contributed by atoms with van der Waals surface area (Å²) in [5.74, 6) is 0.768. The Morgan fingerprint density at radius 1 is 1.14 bits per heavy atom. The Morgan fingerprint density at radius 2 is 1.83 bits per heavy atom. The standard InChI is InChI=1S/C27H42N4O4S/c1-19(2)17-30(18-20(3)4)13-8-12-28-27(33)24-16-26(32)29-25-11-10-22(15-23(24)25)36(34,35)31-14-7-6-9-21(31)5/h10-11,15-16,19-21H,6-9,12-14,17-18H2,1-5H3,(H,28,33)(H,29,32)/t21-/m0/s1. The number of aromatic nitrogens is 1. The zero-order valence-corrected chi connectivity index (χ0v) is 23.2. The van der Waals surface area contributed by atoms with Crippen LogP contribution in [0.15, 0.2) is 34.0 Å². The second-order valence-electron chi connectivity index (χ2n) is 10.9. The van der Waals surface area contributed by atoms with Crippen LogP contribution in [-0.2, 0) is 10.0 Å². The molecule has 2 heterocycles. The normalized spacial score (nSPS) is 17.4. The first-order valence-electron chi connectivity index (χ1n) is 13.2. The monoisotopic (exact) mass is 518 g/mol. The summed E-state index contributed by atoms with van der Waals surface area (Å²) in [6.07, 6.45) is 3.48. The van der Waals surface area contributed by atoms with Crippen LogP contribution in [0.25, 0.3) is 10.9 Å². The number of carbonyl (C=O) groups is 1. The molecule has 1 aromatic carbocycles. The minimum Gasteiger partial charge on any atom is -0.352 e. The Hall–Kier alpha value is -2.23. The highest BCUT2D eigenvalue weighted by atomic mass is 32.2. The lowest BCUT2D eigenvalue weighted by molar-refractivity contribution is 0.0952. The van der Waals surface area contributed by atoms with Crippen molar-refractivity contribution >= 4 is 26.8 Å². The Labute approximate surface area is 215 Å². The van der Waals surface area contributed by atoms with Crippen molar-refractivity contribution in [2.24, 2.45) is 11.8 Å². The van der Waals surface area contributed by atoms with Gasteiger partial charge in [-0.15, -0.1) is 0 Å². The van der Waals surface area contributed by atoms with Crippen molar-refractivity contribution in [3.8, 4) is 0 Å². The Kier molecular flexibility index (Phi) is 9.72. The molecule has 1 saturated heterocycles. The number of rotatable bonds is 11. The van der Waals surface area contributed by atoms with Gasteiger partial charge in [0.05, 0.1) is 10.5 Å². The number of H-pyrrole nitrogens is 1. The summed E-state index contributed by atoms with van der Waals surface area (Å²) in [4.78, 5) is 30.6. The molecule has 3 rings (SSSR count). The van der Waals surface area contributed by atoms with E-state index in [4.69, 9.17) is 0 Å².